The van der Waals surface area contributed by atoms with Crippen molar-refractivity contribution in [2.75, 3.05) is 27.7 Å². The zero-order valence-electron chi connectivity index (χ0n) is 14.9. The van der Waals surface area contributed by atoms with Gasteiger partial charge in [-0.05, 0) is 12.3 Å². The topological polar surface area (TPSA) is 63.6 Å². The van der Waals surface area contributed by atoms with Crippen LogP contribution in [0, 0.1) is 5.92 Å². The number of carboxylic acid groups (broad SMARTS) is 1. The molecular weight excluding hydrogens is 282 g/mol. The van der Waals surface area contributed by atoms with E-state index in [1.807, 2.05) is 21.1 Å². The molecule has 0 saturated carbocycles. The lowest BCUT2D eigenvalue weighted by molar-refractivity contribution is -0.873. The van der Waals surface area contributed by atoms with Crippen LogP contribution in [0.2, 0.25) is 0 Å². The molecule has 0 spiro atoms. The molecule has 5 nitrogen and oxygen atoms in total. The third-order valence-electron chi connectivity index (χ3n) is 3.59. The Morgan fingerprint density at radius 1 is 1.14 bits per heavy atom. The fourth-order valence-corrected chi connectivity index (χ4v) is 2.45. The summed E-state index contributed by atoms with van der Waals surface area (Å²) in [5.41, 5.74) is 0. The molecule has 2 atom stereocenters. The fraction of sp³-hybridized carbons (Fsp3) is 0.882. The van der Waals surface area contributed by atoms with Crippen LogP contribution in [-0.2, 0) is 14.3 Å². The van der Waals surface area contributed by atoms with E-state index in [1.165, 1.54) is 19.3 Å². The molecule has 0 aliphatic carbocycles. The SMILES string of the molecule is CCCCCC(C)CCC(=O)OC(CC(=O)O)C[N+](C)(C)C. The zero-order valence-corrected chi connectivity index (χ0v) is 14.9. The number of likely N-dealkylation sites (N-methyl/N-ethyl adjacent to an activating group) is 1. The molecule has 0 fully saturated rings. The Labute approximate surface area is 135 Å². The maximum absolute atomic E-state index is 11.9. The minimum Gasteiger partial charge on any atom is -0.481 e. The number of nitrogens with zero attached hydrogens (tertiary/aromatic N) is 1. The minimum atomic E-state index is -0.931. The summed E-state index contributed by atoms with van der Waals surface area (Å²) in [6.45, 7) is 4.84. The molecule has 0 aliphatic rings. The number of unbranched alkanes of at least 4 members (excludes halogenated alkanes) is 2. The van der Waals surface area contributed by atoms with Gasteiger partial charge in [0.05, 0.1) is 27.6 Å². The van der Waals surface area contributed by atoms with Gasteiger partial charge in [0.2, 0.25) is 0 Å². The highest BCUT2D eigenvalue weighted by Crippen LogP contribution is 2.16. The summed E-state index contributed by atoms with van der Waals surface area (Å²) >= 11 is 0. The Kier molecular flexibility index (Phi) is 10.1. The van der Waals surface area contributed by atoms with E-state index in [-0.39, 0.29) is 12.4 Å². The van der Waals surface area contributed by atoms with Gasteiger partial charge in [-0.1, -0.05) is 39.5 Å². The van der Waals surface area contributed by atoms with Gasteiger partial charge in [0.25, 0.3) is 0 Å². The third-order valence-corrected chi connectivity index (χ3v) is 3.59. The number of aliphatic carboxylic acids is 1. The third kappa shape index (κ3) is 12.6. The summed E-state index contributed by atoms with van der Waals surface area (Å²) in [5.74, 6) is -0.698. The number of carboxylic acids is 1. The van der Waals surface area contributed by atoms with E-state index < -0.39 is 12.1 Å². The predicted molar refractivity (Wildman–Crippen MR) is 87.6 cm³/mol. The highest BCUT2D eigenvalue weighted by Gasteiger charge is 2.24. The highest BCUT2D eigenvalue weighted by atomic mass is 16.5. The van der Waals surface area contributed by atoms with E-state index in [2.05, 4.69) is 13.8 Å². The number of rotatable bonds is 12. The number of esters is 1. The lowest BCUT2D eigenvalue weighted by atomic mass is 9.98. The van der Waals surface area contributed by atoms with Crippen LogP contribution >= 0.6 is 0 Å². The number of carbonyl (C=O) groups is 2. The lowest BCUT2D eigenvalue weighted by Crippen LogP contribution is -2.43. The van der Waals surface area contributed by atoms with Crippen molar-refractivity contribution in [1.82, 2.24) is 0 Å². The summed E-state index contributed by atoms with van der Waals surface area (Å²) in [5, 5.41) is 8.93. The maximum atomic E-state index is 11.9. The Morgan fingerprint density at radius 2 is 1.77 bits per heavy atom. The molecule has 0 heterocycles. The molecule has 0 aromatic carbocycles. The van der Waals surface area contributed by atoms with Crippen LogP contribution in [0.25, 0.3) is 0 Å². The summed E-state index contributed by atoms with van der Waals surface area (Å²) in [4.78, 5) is 22.8. The van der Waals surface area contributed by atoms with Crippen molar-refractivity contribution >= 4 is 11.9 Å². The molecule has 0 saturated heterocycles. The lowest BCUT2D eigenvalue weighted by Gasteiger charge is -2.28. The van der Waals surface area contributed by atoms with Crippen molar-refractivity contribution in [3.8, 4) is 0 Å². The van der Waals surface area contributed by atoms with Gasteiger partial charge in [-0.15, -0.1) is 0 Å². The zero-order chi connectivity index (χ0) is 17.2. The van der Waals surface area contributed by atoms with Gasteiger partial charge in [0.1, 0.15) is 6.54 Å². The smallest absolute Gasteiger partial charge is 0.307 e. The Balaban J connectivity index is 4.18. The number of hydrogen-bond donors (Lipinski definition) is 1. The predicted octanol–water partition coefficient (Wildman–Crippen LogP) is 3.08. The van der Waals surface area contributed by atoms with E-state index in [1.54, 1.807) is 0 Å². The molecule has 0 amide bonds. The number of quaternary nitrogens is 1. The molecule has 2 unspecified atom stereocenters. The molecule has 1 N–H and O–H groups in total. The Bertz CT molecular complexity index is 336. The van der Waals surface area contributed by atoms with Gasteiger partial charge < -0.3 is 14.3 Å². The number of ether oxygens (including phenoxy) is 1. The second-order valence-electron chi connectivity index (χ2n) is 7.32. The monoisotopic (exact) mass is 316 g/mol. The van der Waals surface area contributed by atoms with E-state index in [0.29, 0.717) is 23.4 Å². The first-order valence-corrected chi connectivity index (χ1v) is 8.35. The molecule has 5 heteroatoms. The molecule has 0 aromatic heterocycles. The summed E-state index contributed by atoms with van der Waals surface area (Å²) in [7, 11) is 5.87. The van der Waals surface area contributed by atoms with Crippen molar-refractivity contribution in [3.05, 3.63) is 0 Å². The van der Waals surface area contributed by atoms with Gasteiger partial charge in [-0.3, -0.25) is 9.59 Å². The summed E-state index contributed by atoms with van der Waals surface area (Å²) in [6, 6.07) is 0. The fourth-order valence-electron chi connectivity index (χ4n) is 2.45. The first-order chi connectivity index (χ1) is 10.1. The molecule has 22 heavy (non-hydrogen) atoms. The summed E-state index contributed by atoms with van der Waals surface area (Å²) in [6.07, 6.45) is 5.28. The van der Waals surface area contributed by atoms with Crippen molar-refractivity contribution in [3.63, 3.8) is 0 Å². The van der Waals surface area contributed by atoms with Crippen LogP contribution < -0.4 is 0 Å². The average Bonchev–Trinajstić information content (AvgIpc) is 2.33. The first kappa shape index (κ1) is 20.9. The van der Waals surface area contributed by atoms with Crippen LogP contribution in [0.4, 0.5) is 0 Å². The quantitative estimate of drug-likeness (QED) is 0.341. The Hall–Kier alpha value is -1.10. The highest BCUT2D eigenvalue weighted by molar-refractivity contribution is 5.71. The maximum Gasteiger partial charge on any atom is 0.307 e. The molecule has 0 aromatic rings. The number of hydrogen-bond acceptors (Lipinski definition) is 3. The molecule has 130 valence electrons. The van der Waals surface area contributed by atoms with Crippen molar-refractivity contribution in [2.24, 2.45) is 5.92 Å². The molecule has 0 aliphatic heterocycles. The van der Waals surface area contributed by atoms with Crippen molar-refractivity contribution in [1.29, 1.82) is 0 Å². The van der Waals surface area contributed by atoms with E-state index in [9.17, 15) is 9.59 Å². The molecule has 0 bridgehead atoms. The van der Waals surface area contributed by atoms with Gasteiger partial charge in [-0.2, -0.15) is 0 Å². The van der Waals surface area contributed by atoms with E-state index >= 15 is 0 Å². The number of carbonyl (C=O) groups excluding carboxylic acids is 1. The standard InChI is InChI=1S/C17H33NO4/c1-6-7-8-9-14(2)10-11-17(21)22-15(12-16(19)20)13-18(3,4)5/h14-15H,6-13H2,1-5H3/p+1. The molecule has 0 radical (unpaired) electrons. The van der Waals surface area contributed by atoms with Crippen LogP contribution in [0.15, 0.2) is 0 Å². The minimum absolute atomic E-state index is 0.132. The largest absolute Gasteiger partial charge is 0.481 e. The van der Waals surface area contributed by atoms with Gasteiger partial charge in [0.15, 0.2) is 6.10 Å². The molecule has 0 rings (SSSR count). The first-order valence-electron chi connectivity index (χ1n) is 8.35. The van der Waals surface area contributed by atoms with Crippen molar-refractivity contribution in [2.45, 2.75) is 64.9 Å². The Morgan fingerprint density at radius 3 is 2.27 bits per heavy atom. The van der Waals surface area contributed by atoms with Crippen molar-refractivity contribution < 1.29 is 23.9 Å². The van der Waals surface area contributed by atoms with E-state index in [0.717, 1.165) is 12.8 Å². The van der Waals surface area contributed by atoms with E-state index in [4.69, 9.17) is 9.84 Å². The van der Waals surface area contributed by atoms with Crippen LogP contribution in [0.1, 0.15) is 58.8 Å². The average molecular weight is 316 g/mol. The second kappa shape index (κ2) is 10.6. The van der Waals surface area contributed by atoms with Crippen LogP contribution in [0.5, 0.6) is 0 Å². The normalized spacial score (nSPS) is 14.4. The van der Waals surface area contributed by atoms with Gasteiger partial charge >= 0.3 is 11.9 Å². The van der Waals surface area contributed by atoms with Gasteiger partial charge in [0, 0.05) is 6.42 Å². The van der Waals surface area contributed by atoms with Crippen LogP contribution in [0.3, 0.4) is 0 Å². The second-order valence-corrected chi connectivity index (χ2v) is 7.32. The molecular formula is C17H34NO4+. The van der Waals surface area contributed by atoms with Crippen LogP contribution in [-0.4, -0.2) is 55.3 Å². The summed E-state index contributed by atoms with van der Waals surface area (Å²) < 4.78 is 5.95. The van der Waals surface area contributed by atoms with Gasteiger partial charge in [-0.25, -0.2) is 0 Å².